The van der Waals surface area contributed by atoms with E-state index in [4.69, 9.17) is 23.7 Å². The number of aliphatic hydroxyl groups excluding tert-OH is 10. The van der Waals surface area contributed by atoms with Crippen molar-refractivity contribution < 1.29 is 74.7 Å². The zero-order valence-corrected chi connectivity index (χ0v) is 17.6. The molecule has 0 aromatic carbocycles. The van der Waals surface area contributed by atoms with E-state index in [0.717, 1.165) is 0 Å². The first-order chi connectivity index (χ1) is 15.5. The Balaban J connectivity index is 1.83. The fourth-order valence-corrected chi connectivity index (χ4v) is 3.99. The van der Waals surface area contributed by atoms with Crippen LogP contribution < -0.4 is 0 Å². The van der Waals surface area contributed by atoms with Gasteiger partial charge in [-0.3, -0.25) is 0 Å². The summed E-state index contributed by atoms with van der Waals surface area (Å²) in [5.41, 5.74) is 0. The molecule has 3 fully saturated rings. The molecule has 10 N–H and O–H groups in total. The molecule has 0 bridgehead atoms. The number of hydrogen-bond acceptors (Lipinski definition) is 15. The highest BCUT2D eigenvalue weighted by molar-refractivity contribution is 4.96. The summed E-state index contributed by atoms with van der Waals surface area (Å²) in [5.74, 6) is 0. The molecular weight excluding hydrogens is 456 g/mol. The van der Waals surface area contributed by atoms with Crippen molar-refractivity contribution in [3.63, 3.8) is 0 Å². The molecule has 1 unspecified atom stereocenters. The summed E-state index contributed by atoms with van der Waals surface area (Å²) in [6.45, 7) is -0.127. The van der Waals surface area contributed by atoms with Gasteiger partial charge >= 0.3 is 0 Å². The van der Waals surface area contributed by atoms with Crippen LogP contribution in [0.4, 0.5) is 0 Å². The summed E-state index contributed by atoms with van der Waals surface area (Å²) in [7, 11) is 0. The van der Waals surface area contributed by atoms with Gasteiger partial charge in [-0.25, -0.2) is 0 Å². The third-order valence-corrected chi connectivity index (χ3v) is 6.05. The maximum Gasteiger partial charge on any atom is 0.187 e. The first kappa shape index (κ1) is 27.0. The maximum absolute atomic E-state index is 10.5. The van der Waals surface area contributed by atoms with E-state index in [0.29, 0.717) is 0 Å². The topological polar surface area (TPSA) is 248 Å². The van der Waals surface area contributed by atoms with Gasteiger partial charge < -0.3 is 74.7 Å². The average Bonchev–Trinajstić information content (AvgIpc) is 2.80. The third-order valence-electron chi connectivity index (χ3n) is 6.05. The average molecular weight is 488 g/mol. The molecule has 15 heteroatoms. The van der Waals surface area contributed by atoms with E-state index in [1.54, 1.807) is 0 Å². The number of ether oxygens (including phenoxy) is 5. The van der Waals surface area contributed by atoms with Gasteiger partial charge in [0.15, 0.2) is 18.9 Å². The molecule has 3 aliphatic rings. The van der Waals surface area contributed by atoms with E-state index in [9.17, 15) is 51.1 Å². The minimum Gasteiger partial charge on any atom is -0.394 e. The van der Waals surface area contributed by atoms with E-state index in [1.807, 2.05) is 0 Å². The van der Waals surface area contributed by atoms with Crippen LogP contribution in [0.1, 0.15) is 6.92 Å². The largest absolute Gasteiger partial charge is 0.394 e. The van der Waals surface area contributed by atoms with E-state index in [-0.39, 0.29) is 0 Å². The normalized spacial score (nSPS) is 53.7. The van der Waals surface area contributed by atoms with Crippen molar-refractivity contribution in [1.82, 2.24) is 0 Å². The first-order valence-corrected chi connectivity index (χ1v) is 10.4. The molecule has 33 heavy (non-hydrogen) atoms. The summed E-state index contributed by atoms with van der Waals surface area (Å²) >= 11 is 0. The standard InChI is InChI=1S/C18H32O15/c1-4-7(21)9(23)11(25)17(29-4)33-15-13(27)16(28)30-6(3-20)14(15)32-18-12(26)10(24)8(22)5(2-19)31-18/h4-28H,2-3H2,1H3/t4-,5+,6+,7-,8+,9+,10-,11+,12+,13+,14+,15+,16?,17-,18-/m0/s1. The van der Waals surface area contributed by atoms with Gasteiger partial charge in [0.05, 0.1) is 19.3 Å². The number of hydrogen-bond donors (Lipinski definition) is 10. The fourth-order valence-electron chi connectivity index (χ4n) is 3.99. The summed E-state index contributed by atoms with van der Waals surface area (Å²) in [6, 6.07) is 0. The Morgan fingerprint density at radius 3 is 1.64 bits per heavy atom. The number of rotatable bonds is 6. The van der Waals surface area contributed by atoms with Crippen LogP contribution in [0.2, 0.25) is 0 Å². The summed E-state index contributed by atoms with van der Waals surface area (Å²) in [6.07, 6.45) is -24.0. The quantitative estimate of drug-likeness (QED) is 0.167. The van der Waals surface area contributed by atoms with Crippen LogP contribution in [0.25, 0.3) is 0 Å². The molecule has 0 aromatic rings. The van der Waals surface area contributed by atoms with Gasteiger partial charge in [-0.1, -0.05) is 0 Å². The molecule has 194 valence electrons. The van der Waals surface area contributed by atoms with Gasteiger partial charge in [0.2, 0.25) is 0 Å². The van der Waals surface area contributed by atoms with Crippen LogP contribution in [0, 0.1) is 0 Å². The van der Waals surface area contributed by atoms with Crippen LogP contribution in [-0.2, 0) is 23.7 Å². The smallest absolute Gasteiger partial charge is 0.187 e. The Morgan fingerprint density at radius 2 is 1.06 bits per heavy atom. The lowest BCUT2D eigenvalue weighted by atomic mass is 9.96. The number of aliphatic hydroxyl groups is 10. The van der Waals surface area contributed by atoms with Crippen molar-refractivity contribution in [2.45, 2.75) is 99.0 Å². The van der Waals surface area contributed by atoms with E-state index in [1.165, 1.54) is 6.92 Å². The van der Waals surface area contributed by atoms with E-state index in [2.05, 4.69) is 0 Å². The molecule has 3 rings (SSSR count). The van der Waals surface area contributed by atoms with Gasteiger partial charge in [-0.05, 0) is 6.92 Å². The predicted octanol–water partition coefficient (Wildman–Crippen LogP) is -6.55. The van der Waals surface area contributed by atoms with Crippen LogP contribution in [0.15, 0.2) is 0 Å². The maximum atomic E-state index is 10.5. The zero-order valence-electron chi connectivity index (χ0n) is 17.6. The van der Waals surface area contributed by atoms with Crippen LogP contribution >= 0.6 is 0 Å². The monoisotopic (exact) mass is 488 g/mol. The molecule has 15 atom stereocenters. The molecule has 0 aromatic heterocycles. The van der Waals surface area contributed by atoms with Gasteiger partial charge in [-0.2, -0.15) is 0 Å². The molecule has 0 saturated carbocycles. The predicted molar refractivity (Wildman–Crippen MR) is 99.8 cm³/mol. The molecule has 0 aliphatic carbocycles. The summed E-state index contributed by atoms with van der Waals surface area (Å²) in [4.78, 5) is 0. The second-order valence-corrected chi connectivity index (χ2v) is 8.32. The summed E-state index contributed by atoms with van der Waals surface area (Å²) in [5, 5.41) is 99.8. The lowest BCUT2D eigenvalue weighted by Gasteiger charge is -2.48. The molecule has 3 saturated heterocycles. The molecule has 0 spiro atoms. The van der Waals surface area contributed by atoms with Crippen molar-refractivity contribution in [2.75, 3.05) is 13.2 Å². The highest BCUT2D eigenvalue weighted by Gasteiger charge is 2.53. The van der Waals surface area contributed by atoms with Gasteiger partial charge in [-0.15, -0.1) is 0 Å². The fraction of sp³-hybridized carbons (Fsp3) is 1.00. The van der Waals surface area contributed by atoms with Crippen LogP contribution in [0.3, 0.4) is 0 Å². The third kappa shape index (κ3) is 5.32. The van der Waals surface area contributed by atoms with Crippen molar-refractivity contribution >= 4 is 0 Å². The Bertz CT molecular complexity index is 624. The molecule has 3 aliphatic heterocycles. The van der Waals surface area contributed by atoms with Gasteiger partial charge in [0, 0.05) is 0 Å². The zero-order chi connectivity index (χ0) is 24.6. The van der Waals surface area contributed by atoms with Crippen LogP contribution in [0.5, 0.6) is 0 Å². The molecule has 0 amide bonds. The summed E-state index contributed by atoms with van der Waals surface area (Å²) < 4.78 is 26.9. The van der Waals surface area contributed by atoms with Gasteiger partial charge in [0.1, 0.15) is 67.1 Å². The Morgan fingerprint density at radius 1 is 0.545 bits per heavy atom. The van der Waals surface area contributed by atoms with Gasteiger partial charge in [0.25, 0.3) is 0 Å². The Labute approximate surface area is 187 Å². The highest BCUT2D eigenvalue weighted by atomic mass is 16.8. The second kappa shape index (κ2) is 11.0. The van der Waals surface area contributed by atoms with Crippen molar-refractivity contribution in [3.8, 4) is 0 Å². The second-order valence-electron chi connectivity index (χ2n) is 8.32. The lowest BCUT2D eigenvalue weighted by molar-refractivity contribution is -0.382. The SMILES string of the molecule is C[C@@H]1O[C@@H](O[C@H]2[C@H](O[C@@H]3O[C@H](CO)[C@@H](O)[C@H](O)[C@H]3O)[C@@H](CO)OC(O)[C@@H]2O)[C@H](O)[C@H](O)[C@H]1O. The molecule has 0 radical (unpaired) electrons. The Hall–Kier alpha value is -0.600. The highest BCUT2D eigenvalue weighted by Crippen LogP contribution is 2.32. The van der Waals surface area contributed by atoms with Crippen molar-refractivity contribution in [3.05, 3.63) is 0 Å². The molecule has 3 heterocycles. The lowest BCUT2D eigenvalue weighted by Crippen LogP contribution is -2.66. The molecule has 15 nitrogen and oxygen atoms in total. The van der Waals surface area contributed by atoms with Crippen molar-refractivity contribution in [1.29, 1.82) is 0 Å². The van der Waals surface area contributed by atoms with Crippen molar-refractivity contribution in [2.24, 2.45) is 0 Å². The molecular formula is C18H32O15. The minimum absolute atomic E-state index is 0.739. The Kier molecular flexibility index (Phi) is 8.99. The van der Waals surface area contributed by atoms with E-state index >= 15 is 0 Å². The van der Waals surface area contributed by atoms with Crippen LogP contribution in [-0.4, -0.2) is 156 Å². The minimum atomic E-state index is -1.88. The first-order valence-electron chi connectivity index (χ1n) is 10.4. The van der Waals surface area contributed by atoms with E-state index < -0.39 is 105 Å².